The van der Waals surface area contributed by atoms with E-state index in [-0.39, 0.29) is 11.6 Å². The topological polar surface area (TPSA) is 54.0 Å². The fraction of sp³-hybridized carbons (Fsp3) is 0.941. The molecule has 0 aromatic rings. The third kappa shape index (κ3) is 4.58. The second-order valence-corrected chi connectivity index (χ2v) is 7.68. The molecule has 1 atom stereocenters. The first-order valence-electron chi connectivity index (χ1n) is 9.01. The third-order valence-electron chi connectivity index (χ3n) is 5.27. The minimum atomic E-state index is -0.0366. The lowest BCUT2D eigenvalue weighted by Gasteiger charge is -2.41. The van der Waals surface area contributed by atoms with Crippen LogP contribution in [0.1, 0.15) is 33.1 Å². The van der Waals surface area contributed by atoms with Crippen LogP contribution in [0.2, 0.25) is 0 Å². The van der Waals surface area contributed by atoms with Crippen LogP contribution < -0.4 is 5.32 Å². The van der Waals surface area contributed by atoms with Crippen molar-refractivity contribution in [3.05, 3.63) is 0 Å². The molecule has 2 amide bonds. The molecule has 1 N–H and O–H groups in total. The number of nitrogens with one attached hydrogen (secondary N) is 1. The highest BCUT2D eigenvalue weighted by Crippen LogP contribution is 2.29. The van der Waals surface area contributed by atoms with Gasteiger partial charge in [-0.25, -0.2) is 4.79 Å². The Morgan fingerprint density at radius 3 is 2.52 bits per heavy atom. The Balaban J connectivity index is 1.49. The molecule has 1 saturated carbocycles. The Hall–Kier alpha value is -0.850. The van der Waals surface area contributed by atoms with Gasteiger partial charge in [0.05, 0.1) is 19.8 Å². The van der Waals surface area contributed by atoms with Gasteiger partial charge in [-0.1, -0.05) is 0 Å². The highest BCUT2D eigenvalue weighted by molar-refractivity contribution is 5.75. The lowest BCUT2D eigenvalue weighted by atomic mass is 10.0. The molecular weight excluding hydrogens is 294 g/mol. The summed E-state index contributed by atoms with van der Waals surface area (Å²) < 4.78 is 10.9. The molecule has 132 valence electrons. The molecule has 2 heterocycles. The van der Waals surface area contributed by atoms with Crippen molar-refractivity contribution in [3.63, 3.8) is 0 Å². The van der Waals surface area contributed by atoms with E-state index in [0.717, 1.165) is 65.3 Å². The van der Waals surface area contributed by atoms with E-state index in [9.17, 15) is 4.79 Å². The van der Waals surface area contributed by atoms with Crippen molar-refractivity contribution < 1.29 is 14.3 Å². The summed E-state index contributed by atoms with van der Waals surface area (Å²) in [5.74, 6) is 0.508. The van der Waals surface area contributed by atoms with Gasteiger partial charge in [-0.05, 0) is 33.1 Å². The molecule has 2 saturated heterocycles. The highest BCUT2D eigenvalue weighted by Gasteiger charge is 2.36. The molecule has 0 bridgehead atoms. The van der Waals surface area contributed by atoms with Gasteiger partial charge < -0.3 is 19.7 Å². The second kappa shape index (κ2) is 7.36. The molecular formula is C17H31N3O3. The van der Waals surface area contributed by atoms with Crippen molar-refractivity contribution in [3.8, 4) is 0 Å². The van der Waals surface area contributed by atoms with Gasteiger partial charge in [0.25, 0.3) is 0 Å². The number of rotatable bonds is 6. The number of amides is 2. The van der Waals surface area contributed by atoms with E-state index < -0.39 is 0 Å². The number of urea groups is 1. The number of carbonyl (C=O) groups is 1. The summed E-state index contributed by atoms with van der Waals surface area (Å²) in [5.41, 5.74) is -0.0366. The minimum Gasteiger partial charge on any atom is -0.381 e. The van der Waals surface area contributed by atoms with Crippen LogP contribution in [0.3, 0.4) is 0 Å². The summed E-state index contributed by atoms with van der Waals surface area (Å²) in [4.78, 5) is 17.1. The molecule has 3 aliphatic rings. The SMILES string of the molecule is CC(C)(CNC(=O)N(CC1CCOC1)C1CC1)N1CCOCC1. The van der Waals surface area contributed by atoms with Gasteiger partial charge in [0.1, 0.15) is 0 Å². The summed E-state index contributed by atoms with van der Waals surface area (Å²) in [6, 6.07) is 0.544. The first kappa shape index (κ1) is 17.0. The lowest BCUT2D eigenvalue weighted by molar-refractivity contribution is -0.00910. The molecule has 1 aliphatic carbocycles. The van der Waals surface area contributed by atoms with Gasteiger partial charge in [0.15, 0.2) is 0 Å². The van der Waals surface area contributed by atoms with Crippen LogP contribution in [0.15, 0.2) is 0 Å². The van der Waals surface area contributed by atoms with Crippen molar-refractivity contribution in [2.24, 2.45) is 5.92 Å². The monoisotopic (exact) mass is 325 g/mol. The van der Waals surface area contributed by atoms with E-state index in [0.29, 0.717) is 18.5 Å². The van der Waals surface area contributed by atoms with E-state index >= 15 is 0 Å². The van der Waals surface area contributed by atoms with Crippen LogP contribution >= 0.6 is 0 Å². The van der Waals surface area contributed by atoms with Crippen LogP contribution in [-0.2, 0) is 9.47 Å². The quantitative estimate of drug-likeness (QED) is 0.800. The average Bonchev–Trinajstić information content (AvgIpc) is 3.27. The Morgan fingerprint density at radius 1 is 1.17 bits per heavy atom. The minimum absolute atomic E-state index is 0.0366. The first-order valence-corrected chi connectivity index (χ1v) is 9.01. The van der Waals surface area contributed by atoms with Crippen molar-refractivity contribution in [1.29, 1.82) is 0 Å². The van der Waals surface area contributed by atoms with Gasteiger partial charge in [0.2, 0.25) is 0 Å². The smallest absolute Gasteiger partial charge is 0.317 e. The molecule has 23 heavy (non-hydrogen) atoms. The molecule has 2 aliphatic heterocycles. The van der Waals surface area contributed by atoms with E-state index in [1.54, 1.807) is 0 Å². The maximum atomic E-state index is 12.7. The number of nitrogens with zero attached hydrogens (tertiary/aromatic N) is 2. The van der Waals surface area contributed by atoms with Crippen LogP contribution in [-0.4, -0.2) is 80.0 Å². The summed E-state index contributed by atoms with van der Waals surface area (Å²) in [6.07, 6.45) is 3.37. The van der Waals surface area contributed by atoms with E-state index in [1.165, 1.54) is 0 Å². The Labute approximate surface area is 139 Å². The van der Waals surface area contributed by atoms with Crippen molar-refractivity contribution in [2.45, 2.75) is 44.7 Å². The third-order valence-corrected chi connectivity index (χ3v) is 5.27. The number of carbonyl (C=O) groups excluding carboxylic acids is 1. The van der Waals surface area contributed by atoms with E-state index in [1.807, 2.05) is 0 Å². The summed E-state index contributed by atoms with van der Waals surface area (Å²) in [6.45, 7) is 11.0. The summed E-state index contributed by atoms with van der Waals surface area (Å²) in [5, 5.41) is 3.18. The standard InChI is InChI=1S/C17H31N3O3/c1-17(2,19-6-9-22-10-7-19)13-18-16(21)20(15-3-4-15)11-14-5-8-23-12-14/h14-15H,3-13H2,1-2H3,(H,18,21). The molecule has 6 nitrogen and oxygen atoms in total. The molecule has 1 unspecified atom stereocenters. The van der Waals surface area contributed by atoms with Crippen LogP contribution in [0.25, 0.3) is 0 Å². The zero-order chi connectivity index (χ0) is 16.3. The fourth-order valence-corrected chi connectivity index (χ4v) is 3.46. The maximum absolute atomic E-state index is 12.7. The number of morpholine rings is 1. The van der Waals surface area contributed by atoms with Crippen molar-refractivity contribution in [2.75, 3.05) is 52.6 Å². The van der Waals surface area contributed by atoms with Gasteiger partial charge in [0, 0.05) is 50.3 Å². The number of hydrogen-bond acceptors (Lipinski definition) is 4. The molecule has 0 spiro atoms. The van der Waals surface area contributed by atoms with Crippen molar-refractivity contribution >= 4 is 6.03 Å². The molecule has 0 aromatic heterocycles. The number of hydrogen-bond donors (Lipinski definition) is 1. The Morgan fingerprint density at radius 2 is 1.91 bits per heavy atom. The second-order valence-electron chi connectivity index (χ2n) is 7.68. The van der Waals surface area contributed by atoms with Crippen LogP contribution in [0, 0.1) is 5.92 Å². The van der Waals surface area contributed by atoms with E-state index in [4.69, 9.17) is 9.47 Å². The largest absolute Gasteiger partial charge is 0.381 e. The van der Waals surface area contributed by atoms with Gasteiger partial charge >= 0.3 is 6.03 Å². The first-order chi connectivity index (χ1) is 11.1. The zero-order valence-corrected chi connectivity index (χ0v) is 14.6. The molecule has 3 fully saturated rings. The average molecular weight is 325 g/mol. The predicted octanol–water partition coefficient (Wildman–Crippen LogP) is 1.31. The van der Waals surface area contributed by atoms with Gasteiger partial charge in [-0.15, -0.1) is 0 Å². The van der Waals surface area contributed by atoms with Crippen LogP contribution in [0.4, 0.5) is 4.79 Å². The zero-order valence-electron chi connectivity index (χ0n) is 14.6. The Kier molecular flexibility index (Phi) is 5.44. The maximum Gasteiger partial charge on any atom is 0.317 e. The summed E-state index contributed by atoms with van der Waals surface area (Å²) >= 11 is 0. The molecule has 3 rings (SSSR count). The summed E-state index contributed by atoms with van der Waals surface area (Å²) in [7, 11) is 0. The van der Waals surface area contributed by atoms with Gasteiger partial charge in [-0.3, -0.25) is 4.90 Å². The highest BCUT2D eigenvalue weighted by atomic mass is 16.5. The lowest BCUT2D eigenvalue weighted by Crippen LogP contribution is -2.57. The van der Waals surface area contributed by atoms with Crippen molar-refractivity contribution in [1.82, 2.24) is 15.1 Å². The fourth-order valence-electron chi connectivity index (χ4n) is 3.46. The Bertz CT molecular complexity index is 400. The molecule has 0 aromatic carbocycles. The normalized spacial score (nSPS) is 26.3. The van der Waals surface area contributed by atoms with Gasteiger partial charge in [-0.2, -0.15) is 0 Å². The molecule has 0 radical (unpaired) electrons. The van der Waals surface area contributed by atoms with E-state index in [2.05, 4.69) is 29.0 Å². The number of ether oxygens (including phenoxy) is 2. The molecule has 6 heteroatoms. The van der Waals surface area contributed by atoms with Crippen LogP contribution in [0.5, 0.6) is 0 Å². The predicted molar refractivity (Wildman–Crippen MR) is 88.5 cm³/mol.